The van der Waals surface area contributed by atoms with Crippen LogP contribution >= 0.6 is 0 Å². The Morgan fingerprint density at radius 2 is 2.16 bits per heavy atom. The number of anilines is 2. The van der Waals surface area contributed by atoms with Crippen molar-refractivity contribution in [1.29, 1.82) is 0 Å². The number of sulfonamides is 1. The molecule has 1 amide bonds. The van der Waals surface area contributed by atoms with Crippen LogP contribution in [0.15, 0.2) is 18.2 Å². The highest BCUT2D eigenvalue weighted by atomic mass is 32.2. The standard InChI is InChI=1S/C15H19N5O4S/c1-24-13-4-3-9(7-12(13)20-25(2,22)23)17-15(21)14-10-8-16-6-5-11(10)18-19-14/h3-4,7,16,20H,5-6,8H2,1-2H3,(H,17,21)(H,18,19). The lowest BCUT2D eigenvalue weighted by molar-refractivity contribution is 0.102. The first-order chi connectivity index (χ1) is 11.9. The molecule has 2 heterocycles. The van der Waals surface area contributed by atoms with Gasteiger partial charge in [-0.1, -0.05) is 0 Å². The van der Waals surface area contributed by atoms with Crippen molar-refractivity contribution in [3.05, 3.63) is 35.2 Å². The largest absolute Gasteiger partial charge is 0.495 e. The number of nitrogens with zero attached hydrogens (tertiary/aromatic N) is 1. The first-order valence-corrected chi connectivity index (χ1v) is 9.50. The fourth-order valence-electron chi connectivity index (χ4n) is 2.67. The molecule has 1 aromatic carbocycles. The van der Waals surface area contributed by atoms with E-state index in [2.05, 4.69) is 25.6 Å². The van der Waals surface area contributed by atoms with Crippen molar-refractivity contribution in [2.75, 3.05) is 29.9 Å². The molecule has 0 radical (unpaired) electrons. The Balaban J connectivity index is 1.84. The van der Waals surface area contributed by atoms with Gasteiger partial charge in [-0.25, -0.2) is 8.42 Å². The smallest absolute Gasteiger partial charge is 0.276 e. The van der Waals surface area contributed by atoms with Gasteiger partial charge in [-0.3, -0.25) is 14.6 Å². The number of aromatic amines is 1. The van der Waals surface area contributed by atoms with Crippen LogP contribution in [0, 0.1) is 0 Å². The van der Waals surface area contributed by atoms with Crippen molar-refractivity contribution in [3.8, 4) is 5.75 Å². The second kappa shape index (κ2) is 6.73. The number of benzene rings is 1. The van der Waals surface area contributed by atoms with E-state index in [0.29, 0.717) is 23.7 Å². The Labute approximate surface area is 145 Å². The van der Waals surface area contributed by atoms with Crippen molar-refractivity contribution >= 4 is 27.3 Å². The Morgan fingerprint density at radius 3 is 2.88 bits per heavy atom. The molecule has 0 saturated heterocycles. The van der Waals surface area contributed by atoms with Gasteiger partial charge in [-0.2, -0.15) is 5.10 Å². The molecule has 0 unspecified atom stereocenters. The van der Waals surface area contributed by atoms with Crippen LogP contribution in [0.4, 0.5) is 11.4 Å². The van der Waals surface area contributed by atoms with E-state index in [4.69, 9.17) is 4.74 Å². The van der Waals surface area contributed by atoms with Crippen molar-refractivity contribution in [3.63, 3.8) is 0 Å². The van der Waals surface area contributed by atoms with Gasteiger partial charge in [0.1, 0.15) is 5.75 Å². The summed E-state index contributed by atoms with van der Waals surface area (Å²) in [5.74, 6) is -0.0126. The van der Waals surface area contributed by atoms with Gasteiger partial charge in [0.15, 0.2) is 5.69 Å². The number of rotatable bonds is 5. The van der Waals surface area contributed by atoms with E-state index >= 15 is 0 Å². The van der Waals surface area contributed by atoms with E-state index in [1.165, 1.54) is 13.2 Å². The molecule has 1 aliphatic rings. The summed E-state index contributed by atoms with van der Waals surface area (Å²) in [6.45, 7) is 1.42. The van der Waals surface area contributed by atoms with Crippen LogP contribution in [0.3, 0.4) is 0 Å². The van der Waals surface area contributed by atoms with Gasteiger partial charge in [0.25, 0.3) is 5.91 Å². The zero-order chi connectivity index (χ0) is 18.0. The minimum absolute atomic E-state index is 0.244. The lowest BCUT2D eigenvalue weighted by Crippen LogP contribution is -2.25. The van der Waals surface area contributed by atoms with Crippen LogP contribution in [0.1, 0.15) is 21.7 Å². The zero-order valence-electron chi connectivity index (χ0n) is 13.8. The zero-order valence-corrected chi connectivity index (χ0v) is 14.7. The van der Waals surface area contributed by atoms with E-state index in [-0.39, 0.29) is 11.6 Å². The summed E-state index contributed by atoms with van der Waals surface area (Å²) in [4.78, 5) is 12.5. The molecular formula is C15H19N5O4S. The van der Waals surface area contributed by atoms with Gasteiger partial charge < -0.3 is 15.4 Å². The average molecular weight is 365 g/mol. The van der Waals surface area contributed by atoms with Crippen molar-refractivity contribution in [2.24, 2.45) is 0 Å². The van der Waals surface area contributed by atoms with Gasteiger partial charge in [0, 0.05) is 36.5 Å². The summed E-state index contributed by atoms with van der Waals surface area (Å²) < 4.78 is 30.4. The lowest BCUT2D eigenvalue weighted by Gasteiger charge is -2.14. The third-order valence-electron chi connectivity index (χ3n) is 3.77. The molecule has 0 aliphatic carbocycles. The van der Waals surface area contributed by atoms with Crippen molar-refractivity contribution in [2.45, 2.75) is 13.0 Å². The molecule has 25 heavy (non-hydrogen) atoms. The minimum Gasteiger partial charge on any atom is -0.495 e. The highest BCUT2D eigenvalue weighted by Crippen LogP contribution is 2.29. The Bertz CT molecular complexity index is 907. The number of hydrogen-bond donors (Lipinski definition) is 4. The average Bonchev–Trinajstić information content (AvgIpc) is 2.98. The number of carbonyl (C=O) groups is 1. The second-order valence-corrected chi connectivity index (χ2v) is 7.45. The quantitative estimate of drug-likeness (QED) is 0.618. The first kappa shape index (κ1) is 17.2. The summed E-state index contributed by atoms with van der Waals surface area (Å²) in [7, 11) is -2.04. The van der Waals surface area contributed by atoms with Crippen LogP contribution in [-0.2, 0) is 23.0 Å². The number of hydrogen-bond acceptors (Lipinski definition) is 6. The number of ether oxygens (including phenoxy) is 1. The predicted molar refractivity (Wildman–Crippen MR) is 93.4 cm³/mol. The second-order valence-electron chi connectivity index (χ2n) is 5.70. The minimum atomic E-state index is -3.48. The summed E-state index contributed by atoms with van der Waals surface area (Å²) in [6.07, 6.45) is 1.83. The van der Waals surface area contributed by atoms with Gasteiger partial charge in [0.2, 0.25) is 10.0 Å². The van der Waals surface area contributed by atoms with E-state index in [0.717, 1.165) is 30.5 Å². The Kier molecular flexibility index (Phi) is 4.64. The SMILES string of the molecule is COc1ccc(NC(=O)c2n[nH]c3c2CNCC3)cc1NS(C)(=O)=O. The number of carbonyl (C=O) groups excluding carboxylic acids is 1. The fourth-order valence-corrected chi connectivity index (χ4v) is 3.23. The molecule has 4 N–H and O–H groups in total. The maximum Gasteiger partial charge on any atom is 0.276 e. The number of aromatic nitrogens is 2. The number of H-pyrrole nitrogens is 1. The van der Waals surface area contributed by atoms with Crippen molar-refractivity contribution in [1.82, 2.24) is 15.5 Å². The molecule has 134 valence electrons. The highest BCUT2D eigenvalue weighted by molar-refractivity contribution is 7.92. The Morgan fingerprint density at radius 1 is 1.36 bits per heavy atom. The van der Waals surface area contributed by atoms with Crippen molar-refractivity contribution < 1.29 is 17.9 Å². The van der Waals surface area contributed by atoms with Crippen LogP contribution in [0.5, 0.6) is 5.75 Å². The molecule has 0 fully saturated rings. The predicted octanol–water partition coefficient (Wildman–Crippen LogP) is 0.688. The molecular weight excluding hydrogens is 346 g/mol. The lowest BCUT2D eigenvalue weighted by atomic mass is 10.1. The first-order valence-electron chi connectivity index (χ1n) is 7.61. The number of amides is 1. The monoisotopic (exact) mass is 365 g/mol. The van der Waals surface area contributed by atoms with Gasteiger partial charge >= 0.3 is 0 Å². The van der Waals surface area contributed by atoms with Crippen LogP contribution in [0.25, 0.3) is 0 Å². The summed E-state index contributed by atoms with van der Waals surface area (Å²) in [6, 6.07) is 4.70. The van der Waals surface area contributed by atoms with Crippen LogP contribution < -0.4 is 20.1 Å². The molecule has 0 saturated carbocycles. The molecule has 3 rings (SSSR count). The maximum absolute atomic E-state index is 12.5. The molecule has 1 aromatic heterocycles. The highest BCUT2D eigenvalue weighted by Gasteiger charge is 2.22. The molecule has 2 aromatic rings. The van der Waals surface area contributed by atoms with E-state index in [1.807, 2.05) is 0 Å². The van der Waals surface area contributed by atoms with E-state index < -0.39 is 10.0 Å². The summed E-state index contributed by atoms with van der Waals surface area (Å²) in [5.41, 5.74) is 2.81. The topological polar surface area (TPSA) is 125 Å². The van der Waals surface area contributed by atoms with Crippen LogP contribution in [-0.4, -0.2) is 44.4 Å². The van der Waals surface area contributed by atoms with Gasteiger partial charge in [-0.05, 0) is 18.2 Å². The van der Waals surface area contributed by atoms with Gasteiger partial charge in [-0.15, -0.1) is 0 Å². The molecule has 0 bridgehead atoms. The Hall–Kier alpha value is -2.59. The number of nitrogens with one attached hydrogen (secondary N) is 4. The number of methoxy groups -OCH3 is 1. The maximum atomic E-state index is 12.5. The van der Waals surface area contributed by atoms with E-state index in [9.17, 15) is 13.2 Å². The molecule has 1 aliphatic heterocycles. The number of fused-ring (bicyclic) bond motifs is 1. The third-order valence-corrected chi connectivity index (χ3v) is 4.36. The third kappa shape index (κ3) is 3.91. The molecule has 0 atom stereocenters. The summed E-state index contributed by atoms with van der Waals surface area (Å²) >= 11 is 0. The summed E-state index contributed by atoms with van der Waals surface area (Å²) in [5, 5.41) is 12.9. The molecule has 10 heteroatoms. The van der Waals surface area contributed by atoms with Gasteiger partial charge in [0.05, 0.1) is 19.1 Å². The van der Waals surface area contributed by atoms with E-state index in [1.54, 1.807) is 12.1 Å². The molecule has 9 nitrogen and oxygen atoms in total. The fraction of sp³-hybridized carbons (Fsp3) is 0.333. The van der Waals surface area contributed by atoms with Crippen LogP contribution in [0.2, 0.25) is 0 Å². The normalized spacial score (nSPS) is 13.8. The molecule has 0 spiro atoms.